The Morgan fingerprint density at radius 3 is 0.793 bits per heavy atom. The highest BCUT2D eigenvalue weighted by molar-refractivity contribution is 7.88. The molecule has 58 heavy (non-hydrogen) atoms. The number of nitrogens with zero attached hydrogens (tertiary/aromatic N) is 3. The first kappa shape index (κ1) is 41.1. The second kappa shape index (κ2) is 17.8. The lowest BCUT2D eigenvalue weighted by atomic mass is 9.93. The van der Waals surface area contributed by atoms with Crippen LogP contribution in [-0.2, 0) is 0 Å². The molecule has 0 fully saturated rings. The Kier molecular flexibility index (Phi) is 12.6. The molecule has 3 nitrogen and oxygen atoms in total. The molecule has 6 aromatic carbocycles. The van der Waals surface area contributed by atoms with Gasteiger partial charge in [0.2, 0.25) is 0 Å². The molecule has 1 aromatic heterocycles. The minimum absolute atomic E-state index is 0.287. The fraction of sp³-hybridized carbons (Fsp3) is 0.226. The zero-order valence-electron chi connectivity index (χ0n) is 35.3. The second-order valence-electron chi connectivity index (χ2n) is 16.4. The van der Waals surface area contributed by atoms with E-state index in [0.29, 0.717) is 0 Å². The number of hydrogen-bond acceptors (Lipinski definition) is 3. The highest BCUT2D eigenvalue weighted by atomic mass is 31.2. The van der Waals surface area contributed by atoms with E-state index in [1.807, 2.05) is 0 Å². The maximum absolute atomic E-state index is 6.20. The third-order valence-electron chi connectivity index (χ3n) is 11.1. The van der Waals surface area contributed by atoms with E-state index in [1.54, 1.807) is 0 Å². The lowest BCUT2D eigenvalue weighted by Gasteiger charge is -2.31. The quantitative estimate of drug-likeness (QED) is 0.113. The molecule has 1 heterocycles. The smallest absolute Gasteiger partial charge is 0.0896 e. The van der Waals surface area contributed by atoms with Gasteiger partial charge in [-0.15, -0.1) is 0 Å². The van der Waals surface area contributed by atoms with Crippen LogP contribution in [-0.4, -0.2) is 4.98 Å². The summed E-state index contributed by atoms with van der Waals surface area (Å²) in [6.07, 6.45) is 0. The normalized spacial score (nSPS) is 12.1. The molecule has 0 amide bonds. The molecule has 0 atom stereocenters. The van der Waals surface area contributed by atoms with Crippen LogP contribution >= 0.6 is 14.1 Å². The monoisotopic (exact) mass is 797 g/mol. The van der Waals surface area contributed by atoms with E-state index >= 15 is 0 Å². The summed E-state index contributed by atoms with van der Waals surface area (Å²) < 4.78 is 12.4. The van der Waals surface area contributed by atoms with Crippen molar-refractivity contribution in [3.63, 3.8) is 0 Å². The first-order chi connectivity index (χ1) is 28.1. The zero-order valence-corrected chi connectivity index (χ0v) is 37.1. The van der Waals surface area contributed by atoms with E-state index < -0.39 is 14.1 Å². The first-order valence-corrected chi connectivity index (χ1v) is 24.3. The number of rotatable bonds is 12. The molecule has 0 aliphatic rings. The highest BCUT2D eigenvalue weighted by Gasteiger charge is 2.35. The largest absolute Gasteiger partial charge is 0.252 e. The highest BCUT2D eigenvalue weighted by Crippen LogP contribution is 2.54. The summed E-state index contributed by atoms with van der Waals surface area (Å²) >= 11 is 0. The fourth-order valence-electron chi connectivity index (χ4n) is 8.06. The van der Waals surface area contributed by atoms with Crippen LogP contribution in [0.3, 0.4) is 0 Å². The maximum atomic E-state index is 6.20. The molecule has 294 valence electrons. The van der Waals surface area contributed by atoms with Crippen LogP contribution in [0, 0.1) is 0 Å². The molecule has 0 saturated carbocycles. The number of benzene rings is 6. The van der Waals surface area contributed by atoms with Gasteiger partial charge in [0.15, 0.2) is 0 Å². The standard InChI is InChI=1S/C53H57N3P2/c1-38(2)46-32-21-33-47(39(3)4)52(46)55-57(42-24-13-9-14-25-42,43-26-15-10-16-27-43)50-36-23-37-51(54-50)58(44-28-17-11-18-29-44,45-30-19-12-20-31-45)56-53-48(40(5)6)34-22-35-49(53)41(7)8/h9-41H,1-8H3. The van der Waals surface area contributed by atoms with Gasteiger partial charge in [0.25, 0.3) is 0 Å². The molecule has 0 spiro atoms. The predicted octanol–water partition coefficient (Wildman–Crippen LogP) is 13.2. The van der Waals surface area contributed by atoms with Crippen LogP contribution in [0.4, 0.5) is 11.4 Å². The molecule has 0 radical (unpaired) electrons. The van der Waals surface area contributed by atoms with Crippen molar-refractivity contribution < 1.29 is 0 Å². The summed E-state index contributed by atoms with van der Waals surface area (Å²) in [7, 11) is -5.66. The van der Waals surface area contributed by atoms with Crippen LogP contribution in [0.25, 0.3) is 0 Å². The van der Waals surface area contributed by atoms with E-state index in [4.69, 9.17) is 14.5 Å². The summed E-state index contributed by atoms with van der Waals surface area (Å²) in [6.45, 7) is 18.2. The zero-order chi connectivity index (χ0) is 40.9. The van der Waals surface area contributed by atoms with Gasteiger partial charge in [-0.05, 0) is 58.1 Å². The van der Waals surface area contributed by atoms with Crippen molar-refractivity contribution in [2.75, 3.05) is 0 Å². The van der Waals surface area contributed by atoms with Crippen molar-refractivity contribution in [2.24, 2.45) is 9.49 Å². The fourth-order valence-corrected chi connectivity index (χ4v) is 15.0. The summed E-state index contributed by atoms with van der Waals surface area (Å²) in [5.74, 6) is 1.15. The van der Waals surface area contributed by atoms with E-state index in [2.05, 4.69) is 231 Å². The molecular weight excluding hydrogens is 741 g/mol. The van der Waals surface area contributed by atoms with Crippen LogP contribution in [0.15, 0.2) is 185 Å². The molecule has 7 rings (SSSR count). The van der Waals surface area contributed by atoms with Gasteiger partial charge < -0.3 is 0 Å². The summed E-state index contributed by atoms with van der Waals surface area (Å²) in [4.78, 5) is 6.02. The van der Waals surface area contributed by atoms with Gasteiger partial charge in [-0.3, -0.25) is 9.49 Å². The third kappa shape index (κ3) is 7.88. The topological polar surface area (TPSA) is 37.6 Å². The van der Waals surface area contributed by atoms with Crippen molar-refractivity contribution in [1.29, 1.82) is 0 Å². The van der Waals surface area contributed by atoms with Gasteiger partial charge in [0, 0.05) is 21.2 Å². The minimum atomic E-state index is -2.83. The minimum Gasteiger partial charge on any atom is -0.252 e. The third-order valence-corrected chi connectivity index (χ3v) is 18.1. The van der Waals surface area contributed by atoms with Crippen molar-refractivity contribution in [3.8, 4) is 0 Å². The van der Waals surface area contributed by atoms with Gasteiger partial charge >= 0.3 is 0 Å². The average molecular weight is 798 g/mol. The Labute approximate surface area is 347 Å². The van der Waals surface area contributed by atoms with Crippen molar-refractivity contribution in [3.05, 3.63) is 198 Å². The Morgan fingerprint density at radius 1 is 0.310 bits per heavy atom. The number of hydrogen-bond donors (Lipinski definition) is 0. The summed E-state index contributed by atoms with van der Waals surface area (Å²) in [5.41, 5.74) is 9.17. The molecule has 0 aliphatic heterocycles. The first-order valence-electron chi connectivity index (χ1n) is 20.8. The average Bonchev–Trinajstić information content (AvgIpc) is 3.25. The van der Waals surface area contributed by atoms with Crippen LogP contribution in [0.5, 0.6) is 0 Å². The van der Waals surface area contributed by atoms with E-state index in [9.17, 15) is 0 Å². The van der Waals surface area contributed by atoms with Gasteiger partial charge in [-0.2, -0.15) is 0 Å². The van der Waals surface area contributed by atoms with Crippen LogP contribution in [0.1, 0.15) is 101 Å². The molecule has 0 saturated heterocycles. The lowest BCUT2D eigenvalue weighted by Crippen LogP contribution is -2.34. The van der Waals surface area contributed by atoms with Crippen LogP contribution in [0.2, 0.25) is 0 Å². The molecule has 0 N–H and O–H groups in total. The summed E-state index contributed by atoms with van der Waals surface area (Å²) in [6, 6.07) is 63.9. The number of aromatic nitrogens is 1. The van der Waals surface area contributed by atoms with Crippen LogP contribution < -0.4 is 32.1 Å². The Bertz CT molecular complexity index is 2260. The molecule has 0 unspecified atom stereocenters. The maximum Gasteiger partial charge on any atom is 0.0896 e. The van der Waals surface area contributed by atoms with Gasteiger partial charge in [0.05, 0.1) is 36.4 Å². The second-order valence-corrected chi connectivity index (χ2v) is 22.3. The molecule has 0 aliphatic carbocycles. The molecule has 0 bridgehead atoms. The summed E-state index contributed by atoms with van der Waals surface area (Å²) in [5, 5.41) is 4.69. The van der Waals surface area contributed by atoms with Crippen molar-refractivity contribution in [1.82, 2.24) is 4.98 Å². The van der Waals surface area contributed by atoms with Crippen molar-refractivity contribution >= 4 is 57.6 Å². The Hall–Kier alpha value is -5.07. The SMILES string of the molecule is CC(C)c1cccc(C(C)C)c1N=P(c1ccccc1)(c1ccccc1)c1cccc(P(=Nc2c(C(C)C)cccc2C(C)C)(c2ccccc2)c2ccccc2)n1. The van der Waals surface area contributed by atoms with E-state index in [1.165, 1.54) is 43.5 Å². The van der Waals surface area contributed by atoms with Gasteiger partial charge in [0.1, 0.15) is 0 Å². The lowest BCUT2D eigenvalue weighted by molar-refractivity contribution is 0.835. The Balaban J connectivity index is 1.71. The molecule has 7 aromatic rings. The Morgan fingerprint density at radius 2 is 0.552 bits per heavy atom. The van der Waals surface area contributed by atoms with Crippen molar-refractivity contribution in [2.45, 2.75) is 79.1 Å². The van der Waals surface area contributed by atoms with Gasteiger partial charge in [-0.1, -0.05) is 219 Å². The van der Waals surface area contributed by atoms with E-state index in [-0.39, 0.29) is 23.7 Å². The van der Waals surface area contributed by atoms with E-state index in [0.717, 1.165) is 22.2 Å². The molecular formula is C53H57N3P2. The van der Waals surface area contributed by atoms with Gasteiger partial charge in [-0.25, -0.2) is 4.98 Å². The number of pyridine rings is 1. The molecule has 5 heteroatoms. The predicted molar refractivity (Wildman–Crippen MR) is 255 cm³/mol.